The molecule has 340 valence electrons. The highest BCUT2D eigenvalue weighted by molar-refractivity contribution is 5.74. The van der Waals surface area contributed by atoms with Crippen LogP contribution in [-0.4, -0.2) is 77.4 Å². The van der Waals surface area contributed by atoms with Gasteiger partial charge in [0.1, 0.15) is 0 Å². The number of amides is 4. The number of carbonyl (C=O) groups excluding carboxylic acids is 2. The maximum atomic E-state index is 12.8. The molecule has 4 bridgehead atoms. The van der Waals surface area contributed by atoms with E-state index in [0.717, 1.165) is 50.4 Å². The summed E-state index contributed by atoms with van der Waals surface area (Å²) in [6.07, 6.45) is 13.5. The summed E-state index contributed by atoms with van der Waals surface area (Å²) in [6, 6.07) is 29.8. The number of hydrogen-bond acceptors (Lipinski definition) is 5. The first-order valence-electron chi connectivity index (χ1n) is 23.7. The van der Waals surface area contributed by atoms with Crippen molar-refractivity contribution in [3.05, 3.63) is 106 Å². The Hall–Kier alpha value is -4.62. The summed E-state index contributed by atoms with van der Waals surface area (Å²) in [5.41, 5.74) is 8.73. The molecule has 2 aliphatic carbocycles. The number of urea groups is 2. The number of hydrogen-bond donors (Lipinski definition) is 5. The van der Waals surface area contributed by atoms with Gasteiger partial charge in [-0.1, -0.05) is 72.8 Å². The SMILES string of the molecule is O=C(NCCc1cccc(CCNC(=O)NC2CCC(CCN3[C@@H]4CC[C@H]3c3ccccc34)CC2)c1)NC1CCC(CCN2C3CC[C@@H]2c2ccccc23)CC1.O=C(O)C(F)(F)F. The lowest BCUT2D eigenvalue weighted by Gasteiger charge is -2.31. The lowest BCUT2D eigenvalue weighted by molar-refractivity contribution is -0.192. The minimum absolute atomic E-state index is 0.0418. The van der Waals surface area contributed by atoms with Gasteiger partial charge < -0.3 is 26.4 Å². The maximum Gasteiger partial charge on any atom is 0.490 e. The number of halogens is 3. The molecule has 3 aromatic carbocycles. The Balaban J connectivity index is 0.000000719. The fourth-order valence-electron chi connectivity index (χ4n) is 11.8. The summed E-state index contributed by atoms with van der Waals surface area (Å²) in [6.45, 7) is 3.64. The number of carbonyl (C=O) groups is 3. The fraction of sp³-hybridized carbons (Fsp3) is 0.580. The van der Waals surface area contributed by atoms with Crippen LogP contribution < -0.4 is 21.3 Å². The molecule has 6 aliphatic rings. The number of fused-ring (bicyclic) bond motifs is 10. The number of alkyl halides is 3. The van der Waals surface area contributed by atoms with Crippen molar-refractivity contribution >= 4 is 18.0 Å². The predicted octanol–water partition coefficient (Wildman–Crippen LogP) is 9.68. The van der Waals surface area contributed by atoms with Crippen LogP contribution in [0.4, 0.5) is 22.8 Å². The van der Waals surface area contributed by atoms with Crippen LogP contribution in [0.2, 0.25) is 0 Å². The van der Waals surface area contributed by atoms with E-state index in [1.54, 1.807) is 22.3 Å². The molecule has 1 unspecified atom stereocenters. The second kappa shape index (κ2) is 20.5. The average Bonchev–Trinajstić information content (AvgIpc) is 4.04. The first kappa shape index (κ1) is 45.0. The Morgan fingerprint density at radius 3 is 1.22 bits per heavy atom. The number of benzene rings is 3. The lowest BCUT2D eigenvalue weighted by atomic mass is 9.84. The molecule has 5 N–H and O–H groups in total. The monoisotopic (exact) mass is 871 g/mol. The molecule has 4 atom stereocenters. The van der Waals surface area contributed by atoms with E-state index < -0.39 is 12.1 Å². The van der Waals surface area contributed by atoms with Gasteiger partial charge in [0.15, 0.2) is 0 Å². The van der Waals surface area contributed by atoms with E-state index in [9.17, 15) is 22.8 Å². The molecule has 0 radical (unpaired) electrons. The smallest absolute Gasteiger partial charge is 0.475 e. The maximum absolute atomic E-state index is 12.8. The van der Waals surface area contributed by atoms with Crippen molar-refractivity contribution in [1.29, 1.82) is 0 Å². The third-order valence-corrected chi connectivity index (χ3v) is 15.0. The first-order chi connectivity index (χ1) is 30.5. The summed E-state index contributed by atoms with van der Waals surface area (Å²) in [4.78, 5) is 40.0. The van der Waals surface area contributed by atoms with Crippen LogP contribution in [0.15, 0.2) is 72.8 Å². The van der Waals surface area contributed by atoms with Crippen LogP contribution in [-0.2, 0) is 17.6 Å². The van der Waals surface area contributed by atoms with Crippen molar-refractivity contribution in [3.8, 4) is 0 Å². The molecular weight excluding hydrogens is 806 g/mol. The Morgan fingerprint density at radius 2 is 0.889 bits per heavy atom. The fourth-order valence-corrected chi connectivity index (χ4v) is 11.8. The zero-order valence-corrected chi connectivity index (χ0v) is 36.4. The molecule has 4 amide bonds. The standard InChI is InChI=1S/C48H64N6O2.C2HF3O2/c55-47(51-37-16-12-33(13-17-37)26-30-53-43-20-21-44(53)40-9-2-1-8-39(40)43)49-28-24-35-6-5-7-36(32-35)25-29-50-48(56)52-38-18-14-34(15-19-38)27-31-54-45-22-23-46(54)42-11-4-3-10-41(42)45;3-2(4,5)1(6)7/h1-11,32-34,37-38,43-46H,12-31H2,(H2,49,51,55)(H2,50,52,56);(H,6,7)/t33?,34?,37?,38?,43-,44+,45-,46?;/m1./s1. The molecule has 3 aromatic rings. The van der Waals surface area contributed by atoms with Crippen LogP contribution in [0.5, 0.6) is 0 Å². The average molecular weight is 871 g/mol. The van der Waals surface area contributed by atoms with Gasteiger partial charge in [-0.3, -0.25) is 9.80 Å². The van der Waals surface area contributed by atoms with Gasteiger partial charge in [0.25, 0.3) is 0 Å². The van der Waals surface area contributed by atoms with Crippen LogP contribution in [0.1, 0.15) is 147 Å². The van der Waals surface area contributed by atoms with E-state index in [1.807, 2.05) is 0 Å². The number of carboxylic acid groups (broad SMARTS) is 1. The third-order valence-electron chi connectivity index (χ3n) is 15.0. The summed E-state index contributed by atoms with van der Waals surface area (Å²) >= 11 is 0. The summed E-state index contributed by atoms with van der Waals surface area (Å²) in [5.74, 6) is -1.22. The van der Waals surface area contributed by atoms with E-state index in [2.05, 4.69) is 104 Å². The van der Waals surface area contributed by atoms with E-state index in [-0.39, 0.29) is 24.1 Å². The quantitative estimate of drug-likeness (QED) is 0.110. The van der Waals surface area contributed by atoms with E-state index in [1.165, 1.54) is 88.4 Å². The lowest BCUT2D eigenvalue weighted by Crippen LogP contribution is -2.44. The van der Waals surface area contributed by atoms with Gasteiger partial charge in [-0.05, 0) is 161 Å². The van der Waals surface area contributed by atoms with E-state index >= 15 is 0 Å². The summed E-state index contributed by atoms with van der Waals surface area (Å²) in [7, 11) is 0. The molecule has 2 saturated carbocycles. The zero-order chi connectivity index (χ0) is 43.9. The minimum Gasteiger partial charge on any atom is -0.475 e. The Labute approximate surface area is 370 Å². The normalized spacial score (nSPS) is 27.2. The van der Waals surface area contributed by atoms with Crippen molar-refractivity contribution in [3.63, 3.8) is 0 Å². The molecular formula is C50H65F3N6O4. The number of nitrogens with zero attached hydrogens (tertiary/aromatic N) is 2. The van der Waals surface area contributed by atoms with Crippen molar-refractivity contribution < 1.29 is 32.7 Å². The second-order valence-electron chi connectivity index (χ2n) is 18.9. The van der Waals surface area contributed by atoms with Crippen LogP contribution in [0, 0.1) is 11.8 Å². The zero-order valence-electron chi connectivity index (χ0n) is 36.4. The molecule has 9 rings (SSSR count). The van der Waals surface area contributed by atoms with Crippen molar-refractivity contribution in [2.24, 2.45) is 11.8 Å². The topological polar surface area (TPSA) is 126 Å². The van der Waals surface area contributed by atoms with Gasteiger partial charge in [-0.15, -0.1) is 0 Å². The molecule has 10 nitrogen and oxygen atoms in total. The van der Waals surface area contributed by atoms with Gasteiger partial charge in [-0.2, -0.15) is 13.2 Å². The molecule has 4 heterocycles. The molecule has 13 heteroatoms. The van der Waals surface area contributed by atoms with E-state index in [4.69, 9.17) is 9.90 Å². The minimum atomic E-state index is -5.08. The first-order valence-corrected chi connectivity index (χ1v) is 23.7. The van der Waals surface area contributed by atoms with Crippen molar-refractivity contribution in [2.45, 2.75) is 145 Å². The second-order valence-corrected chi connectivity index (χ2v) is 18.9. The van der Waals surface area contributed by atoms with Crippen molar-refractivity contribution in [2.75, 3.05) is 26.2 Å². The van der Waals surface area contributed by atoms with Crippen LogP contribution in [0.25, 0.3) is 0 Å². The van der Waals surface area contributed by atoms with Crippen LogP contribution in [0.3, 0.4) is 0 Å². The molecule has 0 aromatic heterocycles. The highest BCUT2D eigenvalue weighted by Crippen LogP contribution is 2.54. The summed E-state index contributed by atoms with van der Waals surface area (Å²) in [5, 5.41) is 19.8. The number of rotatable bonds is 14. The van der Waals surface area contributed by atoms with Crippen molar-refractivity contribution in [1.82, 2.24) is 31.1 Å². The Kier molecular flexibility index (Phi) is 14.6. The number of nitrogens with one attached hydrogen (secondary N) is 4. The molecule has 2 saturated heterocycles. The highest BCUT2D eigenvalue weighted by atomic mass is 19.4. The number of aliphatic carboxylic acids is 1. The number of carboxylic acids is 1. The van der Waals surface area contributed by atoms with Gasteiger partial charge in [0, 0.05) is 49.3 Å². The van der Waals surface area contributed by atoms with Crippen LogP contribution >= 0.6 is 0 Å². The third kappa shape index (κ3) is 11.2. The van der Waals surface area contributed by atoms with E-state index in [0.29, 0.717) is 37.3 Å². The Morgan fingerprint density at radius 1 is 0.540 bits per heavy atom. The highest BCUT2D eigenvalue weighted by Gasteiger charge is 2.44. The largest absolute Gasteiger partial charge is 0.490 e. The van der Waals surface area contributed by atoms with Gasteiger partial charge in [0.05, 0.1) is 0 Å². The molecule has 4 fully saturated rings. The molecule has 63 heavy (non-hydrogen) atoms. The predicted molar refractivity (Wildman–Crippen MR) is 237 cm³/mol. The summed E-state index contributed by atoms with van der Waals surface area (Å²) < 4.78 is 31.7. The van der Waals surface area contributed by atoms with Gasteiger partial charge >= 0.3 is 24.2 Å². The molecule has 4 aliphatic heterocycles. The Bertz CT molecular complexity index is 1840. The molecule has 0 spiro atoms. The van der Waals surface area contributed by atoms with Gasteiger partial charge in [-0.25, -0.2) is 14.4 Å². The van der Waals surface area contributed by atoms with Gasteiger partial charge in [0.2, 0.25) is 0 Å².